The number of hydrogen-bond donors (Lipinski definition) is 0. The first kappa shape index (κ1) is 7.44. The Morgan fingerprint density at radius 3 is 3.27 bits per heavy atom. The summed E-state index contributed by atoms with van der Waals surface area (Å²) < 4.78 is 1.55. The van der Waals surface area contributed by atoms with E-state index >= 15 is 0 Å². The molecular weight excluding hydrogens is 142 g/mol. The Morgan fingerprint density at radius 1 is 1.91 bits per heavy atom. The molecule has 0 saturated carbocycles. The Labute approximate surface area is 63.9 Å². The van der Waals surface area contributed by atoms with Crippen LogP contribution >= 0.6 is 0 Å². The van der Waals surface area contributed by atoms with Gasteiger partial charge in [0.1, 0.15) is 0 Å². The molecule has 0 bridgehead atoms. The molecule has 0 aliphatic carbocycles. The molecule has 0 amide bonds. The molecule has 0 saturated heterocycles. The van der Waals surface area contributed by atoms with Gasteiger partial charge in [0.05, 0.1) is 12.7 Å². The van der Waals surface area contributed by atoms with Gasteiger partial charge < -0.3 is 0 Å². The molecule has 0 radical (unpaired) electrons. The number of isocyanates is 1. The molecule has 1 aromatic rings. The van der Waals surface area contributed by atoms with Gasteiger partial charge in [-0.3, -0.25) is 0 Å². The highest BCUT2D eigenvalue weighted by Crippen LogP contribution is 1.98. The smallest absolute Gasteiger partial charge is 0.235 e. The third-order valence-corrected chi connectivity index (χ3v) is 1.17. The molecule has 0 fully saturated rings. The van der Waals surface area contributed by atoms with Gasteiger partial charge in [0.25, 0.3) is 0 Å². The number of aromatic nitrogens is 2. The zero-order chi connectivity index (χ0) is 8.10. The minimum atomic E-state index is 0.331. The summed E-state index contributed by atoms with van der Waals surface area (Å²) in [6.07, 6.45) is 6.39. The first-order chi connectivity index (χ1) is 5.36. The second kappa shape index (κ2) is 3.49. The Kier molecular flexibility index (Phi) is 2.36. The number of rotatable bonds is 3. The SMILES string of the molecule is C=Cn1cc(CN=C=O)cn1. The van der Waals surface area contributed by atoms with E-state index < -0.39 is 0 Å². The Morgan fingerprint density at radius 2 is 2.73 bits per heavy atom. The highest BCUT2D eigenvalue weighted by atomic mass is 16.1. The highest BCUT2D eigenvalue weighted by molar-refractivity contribution is 5.33. The van der Waals surface area contributed by atoms with Crippen LogP contribution in [0.5, 0.6) is 0 Å². The van der Waals surface area contributed by atoms with Gasteiger partial charge in [0.15, 0.2) is 0 Å². The molecule has 0 aliphatic rings. The van der Waals surface area contributed by atoms with Crippen LogP contribution in [-0.2, 0) is 11.3 Å². The lowest BCUT2D eigenvalue weighted by atomic mass is 10.4. The van der Waals surface area contributed by atoms with E-state index in [2.05, 4.69) is 16.7 Å². The fourth-order valence-corrected chi connectivity index (χ4v) is 0.682. The third kappa shape index (κ3) is 1.88. The Hall–Kier alpha value is -1.67. The van der Waals surface area contributed by atoms with Crippen molar-refractivity contribution in [2.45, 2.75) is 6.54 Å². The minimum absolute atomic E-state index is 0.331. The van der Waals surface area contributed by atoms with E-state index in [1.54, 1.807) is 23.3 Å². The fourth-order valence-electron chi connectivity index (χ4n) is 0.682. The molecule has 1 rings (SSSR count). The second-order valence-corrected chi connectivity index (χ2v) is 1.92. The van der Waals surface area contributed by atoms with Crippen molar-refractivity contribution in [3.05, 3.63) is 24.5 Å². The summed E-state index contributed by atoms with van der Waals surface area (Å²) in [6, 6.07) is 0. The van der Waals surface area contributed by atoms with Crippen LogP contribution in [0.4, 0.5) is 0 Å². The fraction of sp³-hybridized carbons (Fsp3) is 0.143. The van der Waals surface area contributed by atoms with E-state index in [1.165, 1.54) is 6.08 Å². The minimum Gasteiger partial charge on any atom is -0.249 e. The summed E-state index contributed by atoms with van der Waals surface area (Å²) in [5.41, 5.74) is 0.869. The van der Waals surface area contributed by atoms with Gasteiger partial charge in [-0.05, 0) is 0 Å². The average Bonchev–Trinajstić information content (AvgIpc) is 2.48. The van der Waals surface area contributed by atoms with E-state index in [0.717, 1.165) is 5.56 Å². The molecule has 0 aliphatic heterocycles. The summed E-state index contributed by atoms with van der Waals surface area (Å²) in [5.74, 6) is 0. The van der Waals surface area contributed by atoms with Crippen molar-refractivity contribution >= 4 is 12.3 Å². The molecule has 0 unspecified atom stereocenters. The first-order valence-electron chi connectivity index (χ1n) is 3.06. The first-order valence-corrected chi connectivity index (χ1v) is 3.06. The maximum absolute atomic E-state index is 9.72. The molecule has 56 valence electrons. The zero-order valence-electron chi connectivity index (χ0n) is 5.90. The van der Waals surface area contributed by atoms with E-state index in [4.69, 9.17) is 0 Å². The van der Waals surface area contributed by atoms with E-state index in [-0.39, 0.29) is 0 Å². The monoisotopic (exact) mass is 149 g/mol. The van der Waals surface area contributed by atoms with Crippen molar-refractivity contribution in [3.8, 4) is 0 Å². The van der Waals surface area contributed by atoms with Crippen molar-refractivity contribution in [2.75, 3.05) is 0 Å². The number of hydrogen-bond acceptors (Lipinski definition) is 3. The molecule has 0 spiro atoms. The molecule has 1 aromatic heterocycles. The Bertz CT molecular complexity index is 296. The largest absolute Gasteiger partial charge is 0.249 e. The quantitative estimate of drug-likeness (QED) is 0.471. The topological polar surface area (TPSA) is 47.2 Å². The third-order valence-electron chi connectivity index (χ3n) is 1.17. The summed E-state index contributed by atoms with van der Waals surface area (Å²) in [6.45, 7) is 3.85. The molecule has 1 heterocycles. The molecule has 11 heavy (non-hydrogen) atoms. The van der Waals surface area contributed by atoms with Crippen LogP contribution in [0, 0.1) is 0 Å². The summed E-state index contributed by atoms with van der Waals surface area (Å²) in [5, 5.41) is 3.90. The predicted octanol–water partition coefficient (Wildman–Crippen LogP) is 0.819. The summed E-state index contributed by atoms with van der Waals surface area (Å²) in [4.78, 5) is 13.1. The predicted molar refractivity (Wildman–Crippen MR) is 40.4 cm³/mol. The molecule has 4 nitrogen and oxygen atoms in total. The van der Waals surface area contributed by atoms with Gasteiger partial charge >= 0.3 is 0 Å². The average molecular weight is 149 g/mol. The lowest BCUT2D eigenvalue weighted by Gasteiger charge is -1.84. The van der Waals surface area contributed by atoms with Gasteiger partial charge in [0.2, 0.25) is 6.08 Å². The summed E-state index contributed by atoms with van der Waals surface area (Å²) in [7, 11) is 0. The highest BCUT2D eigenvalue weighted by Gasteiger charge is 1.92. The van der Waals surface area contributed by atoms with Crippen LogP contribution in [0.3, 0.4) is 0 Å². The lowest BCUT2D eigenvalue weighted by molar-refractivity contribution is 0.563. The van der Waals surface area contributed by atoms with Gasteiger partial charge in [0, 0.05) is 18.0 Å². The molecular formula is C7H7N3O. The normalized spacial score (nSPS) is 8.73. The van der Waals surface area contributed by atoms with Crippen LogP contribution in [0.1, 0.15) is 5.56 Å². The molecule has 4 heteroatoms. The number of aliphatic imine (C=N–C) groups is 1. The molecule has 0 atom stereocenters. The van der Waals surface area contributed by atoms with Crippen molar-refractivity contribution in [3.63, 3.8) is 0 Å². The standard InChI is InChI=1S/C7H7N3O/c1-2-10-5-7(4-9-10)3-8-6-11/h2,4-5H,1,3H2. The van der Waals surface area contributed by atoms with E-state index in [0.29, 0.717) is 6.54 Å². The van der Waals surface area contributed by atoms with Gasteiger partial charge in [-0.2, -0.15) is 5.10 Å². The van der Waals surface area contributed by atoms with Crippen LogP contribution in [-0.4, -0.2) is 15.9 Å². The zero-order valence-corrected chi connectivity index (χ0v) is 5.90. The van der Waals surface area contributed by atoms with Crippen molar-refractivity contribution in [2.24, 2.45) is 4.99 Å². The maximum atomic E-state index is 9.72. The lowest BCUT2D eigenvalue weighted by Crippen LogP contribution is -1.82. The van der Waals surface area contributed by atoms with Crippen LogP contribution in [0.25, 0.3) is 6.20 Å². The van der Waals surface area contributed by atoms with Crippen LogP contribution < -0.4 is 0 Å². The maximum Gasteiger partial charge on any atom is 0.235 e. The number of carbonyl (C=O) groups excluding carboxylic acids is 1. The van der Waals surface area contributed by atoms with Crippen molar-refractivity contribution in [1.82, 2.24) is 9.78 Å². The van der Waals surface area contributed by atoms with E-state index in [1.807, 2.05) is 0 Å². The Balaban J connectivity index is 2.72. The van der Waals surface area contributed by atoms with Gasteiger partial charge in [-0.1, -0.05) is 6.58 Å². The molecule has 0 N–H and O–H groups in total. The van der Waals surface area contributed by atoms with Gasteiger partial charge in [-0.25, -0.2) is 14.5 Å². The summed E-state index contributed by atoms with van der Waals surface area (Å²) >= 11 is 0. The second-order valence-electron chi connectivity index (χ2n) is 1.92. The van der Waals surface area contributed by atoms with E-state index in [9.17, 15) is 4.79 Å². The number of nitrogens with zero attached hydrogens (tertiary/aromatic N) is 3. The van der Waals surface area contributed by atoms with Crippen LogP contribution in [0.15, 0.2) is 24.0 Å². The van der Waals surface area contributed by atoms with Crippen LogP contribution in [0.2, 0.25) is 0 Å². The van der Waals surface area contributed by atoms with Gasteiger partial charge in [-0.15, -0.1) is 0 Å². The van der Waals surface area contributed by atoms with Crippen molar-refractivity contribution < 1.29 is 4.79 Å². The molecule has 0 aromatic carbocycles. The van der Waals surface area contributed by atoms with Crippen molar-refractivity contribution in [1.29, 1.82) is 0 Å².